The third-order valence-corrected chi connectivity index (χ3v) is 3.68. The van der Waals surface area contributed by atoms with Crippen LogP contribution < -0.4 is 5.32 Å². The highest BCUT2D eigenvalue weighted by molar-refractivity contribution is 5.85. The Morgan fingerprint density at radius 2 is 2.15 bits per heavy atom. The highest BCUT2D eigenvalue weighted by atomic mass is 15.0. The maximum absolute atomic E-state index is 4.14. The second-order valence-electron chi connectivity index (χ2n) is 5.20. The van der Waals surface area contributed by atoms with Gasteiger partial charge in [-0.05, 0) is 51.3 Å². The van der Waals surface area contributed by atoms with Crippen LogP contribution in [0.1, 0.15) is 43.6 Å². The normalized spacial score (nSPS) is 14.7. The van der Waals surface area contributed by atoms with Gasteiger partial charge in [-0.2, -0.15) is 0 Å². The Bertz CT molecular complexity index is 610. The molecule has 0 amide bonds. The van der Waals surface area contributed by atoms with E-state index < -0.39 is 0 Å². The highest BCUT2D eigenvalue weighted by Gasteiger charge is 2.20. The van der Waals surface area contributed by atoms with E-state index in [-0.39, 0.29) is 0 Å². The lowest BCUT2D eigenvalue weighted by molar-refractivity contribution is 0.974. The van der Waals surface area contributed by atoms with E-state index in [0.29, 0.717) is 0 Å². The molecule has 1 aliphatic rings. The average molecular weight is 268 g/mol. The quantitative estimate of drug-likeness (QED) is 0.804. The van der Waals surface area contributed by atoms with Crippen molar-refractivity contribution >= 4 is 23.0 Å². The van der Waals surface area contributed by atoms with E-state index in [1.807, 2.05) is 7.05 Å². The molecule has 0 unspecified atom stereocenters. The fraction of sp³-hybridized carbons (Fsp3) is 0.333. The van der Waals surface area contributed by atoms with Crippen LogP contribution >= 0.6 is 0 Å². The summed E-state index contributed by atoms with van der Waals surface area (Å²) in [6, 6.07) is 0. The Balaban J connectivity index is 2.75. The topological polar surface area (TPSA) is 17.0 Å². The zero-order valence-corrected chi connectivity index (χ0v) is 13.0. The molecule has 1 heterocycles. The number of hydrogen-bond acceptors (Lipinski definition) is 1. The van der Waals surface area contributed by atoms with E-state index in [1.165, 1.54) is 22.6 Å². The Morgan fingerprint density at radius 1 is 1.40 bits per heavy atom. The van der Waals surface area contributed by atoms with Crippen molar-refractivity contribution < 1.29 is 0 Å². The molecule has 0 atom stereocenters. The molecule has 2 rings (SSSR count). The number of aromatic nitrogens is 1. The Hall–Kier alpha value is -1.96. The summed E-state index contributed by atoms with van der Waals surface area (Å²) in [6.45, 7) is 10.4. The van der Waals surface area contributed by atoms with Crippen LogP contribution in [0.4, 0.5) is 5.69 Å². The SMILES string of the molecule is C=C(C)c1c(NC)c(/C=C\C)n(C2=CCCC=C2)c1C. The Labute approximate surface area is 122 Å². The van der Waals surface area contributed by atoms with Crippen LogP contribution in [0.3, 0.4) is 0 Å². The van der Waals surface area contributed by atoms with Gasteiger partial charge in [0, 0.05) is 24.0 Å². The summed E-state index contributed by atoms with van der Waals surface area (Å²) in [5.41, 5.74) is 7.17. The van der Waals surface area contributed by atoms with Gasteiger partial charge < -0.3 is 9.88 Å². The van der Waals surface area contributed by atoms with Gasteiger partial charge in [-0.1, -0.05) is 24.8 Å². The maximum Gasteiger partial charge on any atom is 0.0693 e. The first-order valence-corrected chi connectivity index (χ1v) is 7.20. The largest absolute Gasteiger partial charge is 0.386 e. The van der Waals surface area contributed by atoms with Crippen LogP contribution in [-0.2, 0) is 0 Å². The van der Waals surface area contributed by atoms with Crippen LogP contribution in [0.2, 0.25) is 0 Å². The molecule has 1 N–H and O–H groups in total. The molecule has 2 heteroatoms. The van der Waals surface area contributed by atoms with Crippen LogP contribution in [0.25, 0.3) is 17.3 Å². The molecule has 0 saturated carbocycles. The Kier molecular flexibility index (Phi) is 4.33. The zero-order valence-electron chi connectivity index (χ0n) is 13.0. The fourth-order valence-corrected chi connectivity index (χ4v) is 2.90. The first-order chi connectivity index (χ1) is 9.61. The molecular formula is C18H24N2. The molecular weight excluding hydrogens is 244 g/mol. The van der Waals surface area contributed by atoms with E-state index in [0.717, 1.165) is 24.1 Å². The predicted molar refractivity (Wildman–Crippen MR) is 90.8 cm³/mol. The second-order valence-corrected chi connectivity index (χ2v) is 5.20. The van der Waals surface area contributed by atoms with E-state index >= 15 is 0 Å². The lowest BCUT2D eigenvalue weighted by atomic mass is 10.1. The van der Waals surface area contributed by atoms with Crippen molar-refractivity contribution in [1.29, 1.82) is 0 Å². The van der Waals surface area contributed by atoms with Gasteiger partial charge in [0.2, 0.25) is 0 Å². The van der Waals surface area contributed by atoms with Gasteiger partial charge >= 0.3 is 0 Å². The van der Waals surface area contributed by atoms with E-state index in [9.17, 15) is 0 Å². The molecule has 20 heavy (non-hydrogen) atoms. The summed E-state index contributed by atoms with van der Waals surface area (Å²) in [5.74, 6) is 0. The Morgan fingerprint density at radius 3 is 2.65 bits per heavy atom. The molecule has 106 valence electrons. The molecule has 1 aromatic rings. The first-order valence-electron chi connectivity index (χ1n) is 7.20. The molecule has 1 aromatic heterocycles. The summed E-state index contributed by atoms with van der Waals surface area (Å²) in [5, 5.41) is 3.35. The van der Waals surface area contributed by atoms with E-state index in [2.05, 4.69) is 67.6 Å². The number of anilines is 1. The lowest BCUT2D eigenvalue weighted by Crippen LogP contribution is -2.02. The minimum Gasteiger partial charge on any atom is -0.386 e. The van der Waals surface area contributed by atoms with Gasteiger partial charge in [0.25, 0.3) is 0 Å². The third-order valence-electron chi connectivity index (χ3n) is 3.68. The first kappa shape index (κ1) is 14.4. The van der Waals surface area contributed by atoms with Crippen molar-refractivity contribution in [2.45, 2.75) is 33.6 Å². The number of allylic oxidation sites excluding steroid dienone is 6. The third kappa shape index (κ3) is 2.38. The van der Waals surface area contributed by atoms with Crippen LogP contribution in [-0.4, -0.2) is 11.6 Å². The van der Waals surface area contributed by atoms with Gasteiger partial charge in [0.05, 0.1) is 11.4 Å². The lowest BCUT2D eigenvalue weighted by Gasteiger charge is -2.14. The van der Waals surface area contributed by atoms with Crippen LogP contribution in [0.5, 0.6) is 0 Å². The molecule has 0 saturated heterocycles. The van der Waals surface area contributed by atoms with Crippen molar-refractivity contribution in [3.63, 3.8) is 0 Å². The van der Waals surface area contributed by atoms with Crippen molar-refractivity contribution in [3.05, 3.63) is 47.8 Å². The number of nitrogens with zero attached hydrogens (tertiary/aromatic N) is 1. The van der Waals surface area contributed by atoms with Gasteiger partial charge in [-0.3, -0.25) is 0 Å². The van der Waals surface area contributed by atoms with Crippen LogP contribution in [0, 0.1) is 6.92 Å². The van der Waals surface area contributed by atoms with Crippen molar-refractivity contribution in [2.75, 3.05) is 12.4 Å². The van der Waals surface area contributed by atoms with Gasteiger partial charge in [0.15, 0.2) is 0 Å². The van der Waals surface area contributed by atoms with Crippen molar-refractivity contribution in [3.8, 4) is 0 Å². The zero-order chi connectivity index (χ0) is 14.7. The van der Waals surface area contributed by atoms with Gasteiger partial charge in [-0.15, -0.1) is 0 Å². The highest BCUT2D eigenvalue weighted by Crippen LogP contribution is 2.36. The number of rotatable bonds is 4. The second kappa shape index (κ2) is 6.00. The molecule has 0 aliphatic heterocycles. The van der Waals surface area contributed by atoms with Gasteiger partial charge in [-0.25, -0.2) is 0 Å². The minimum atomic E-state index is 1.09. The molecule has 1 aliphatic carbocycles. The number of hydrogen-bond donors (Lipinski definition) is 1. The number of nitrogens with one attached hydrogen (secondary N) is 1. The molecule has 0 aromatic carbocycles. The molecule has 0 spiro atoms. The summed E-state index contributed by atoms with van der Waals surface area (Å²) in [6.07, 6.45) is 13.3. The maximum atomic E-state index is 4.14. The monoisotopic (exact) mass is 268 g/mol. The standard InChI is InChI=1S/C18H24N2/c1-6-10-16-18(19-5)17(13(2)3)14(4)20(16)15-11-8-7-9-12-15/h6,8,10-12,19H,2,7,9H2,1,3-5H3/b10-6-. The van der Waals surface area contributed by atoms with E-state index in [1.54, 1.807) is 0 Å². The smallest absolute Gasteiger partial charge is 0.0693 e. The van der Waals surface area contributed by atoms with Gasteiger partial charge in [0.1, 0.15) is 0 Å². The summed E-state index contributed by atoms with van der Waals surface area (Å²) >= 11 is 0. The van der Waals surface area contributed by atoms with Crippen molar-refractivity contribution in [1.82, 2.24) is 4.57 Å². The molecule has 0 fully saturated rings. The minimum absolute atomic E-state index is 1.09. The average Bonchev–Trinajstić information content (AvgIpc) is 2.72. The summed E-state index contributed by atoms with van der Waals surface area (Å²) < 4.78 is 2.32. The summed E-state index contributed by atoms with van der Waals surface area (Å²) in [4.78, 5) is 0. The fourth-order valence-electron chi connectivity index (χ4n) is 2.90. The van der Waals surface area contributed by atoms with E-state index in [4.69, 9.17) is 0 Å². The molecule has 0 bridgehead atoms. The molecule has 0 radical (unpaired) electrons. The van der Waals surface area contributed by atoms with Crippen LogP contribution in [0.15, 0.2) is 30.9 Å². The van der Waals surface area contributed by atoms with Crippen molar-refractivity contribution in [2.24, 2.45) is 0 Å². The molecule has 2 nitrogen and oxygen atoms in total. The predicted octanol–water partition coefficient (Wildman–Crippen LogP) is 5.10. The summed E-state index contributed by atoms with van der Waals surface area (Å²) in [7, 11) is 1.98.